The molecule has 0 fully saturated rings. The average molecular weight is 421 g/mol. The molecule has 2 amide bonds. The van der Waals surface area contributed by atoms with Gasteiger partial charge in [-0.3, -0.25) is 9.59 Å². The number of hydrogen-bond acceptors (Lipinski definition) is 2. The number of nitrogens with zero attached hydrogens (tertiary/aromatic N) is 1. The summed E-state index contributed by atoms with van der Waals surface area (Å²) in [6, 6.07) is 12.5. The Labute approximate surface area is 176 Å². The Kier molecular flexibility index (Phi) is 8.34. The number of benzene rings is 2. The van der Waals surface area contributed by atoms with Gasteiger partial charge in [-0.15, -0.1) is 0 Å². The van der Waals surface area contributed by atoms with E-state index >= 15 is 0 Å². The highest BCUT2D eigenvalue weighted by atomic mass is 35.5. The lowest BCUT2D eigenvalue weighted by atomic mass is 10.1. The predicted molar refractivity (Wildman–Crippen MR) is 115 cm³/mol. The van der Waals surface area contributed by atoms with Gasteiger partial charge in [0, 0.05) is 23.1 Å². The first-order valence-corrected chi connectivity index (χ1v) is 10.2. The summed E-state index contributed by atoms with van der Waals surface area (Å²) in [7, 11) is 0. The van der Waals surface area contributed by atoms with Crippen LogP contribution in [-0.4, -0.2) is 29.3 Å². The molecule has 28 heavy (non-hydrogen) atoms. The molecule has 0 saturated carbocycles. The van der Waals surface area contributed by atoms with Crippen LogP contribution in [0, 0.1) is 6.92 Å². The Balaban J connectivity index is 2.33. The van der Waals surface area contributed by atoms with Crippen LogP contribution >= 0.6 is 23.2 Å². The normalized spacial score (nSPS) is 11.8. The Morgan fingerprint density at radius 2 is 1.64 bits per heavy atom. The fraction of sp³-hybridized carbons (Fsp3) is 0.364. The first kappa shape index (κ1) is 22.3. The molecule has 0 unspecified atom stereocenters. The van der Waals surface area contributed by atoms with Gasteiger partial charge in [0.2, 0.25) is 11.8 Å². The summed E-state index contributed by atoms with van der Waals surface area (Å²) in [5, 5.41) is 3.72. The van der Waals surface area contributed by atoms with E-state index in [9.17, 15) is 9.59 Å². The molecule has 0 radical (unpaired) electrons. The molecule has 0 heterocycles. The van der Waals surface area contributed by atoms with Crippen molar-refractivity contribution in [1.29, 1.82) is 0 Å². The summed E-state index contributed by atoms with van der Waals surface area (Å²) < 4.78 is 0. The maximum absolute atomic E-state index is 13.2. The van der Waals surface area contributed by atoms with Gasteiger partial charge in [-0.2, -0.15) is 0 Å². The van der Waals surface area contributed by atoms with Crippen molar-refractivity contribution in [3.8, 4) is 0 Å². The van der Waals surface area contributed by atoms with Crippen LogP contribution in [0.1, 0.15) is 37.0 Å². The molecular weight excluding hydrogens is 395 g/mol. The molecule has 2 aromatic carbocycles. The Hall–Kier alpha value is -2.04. The molecule has 0 aliphatic rings. The van der Waals surface area contributed by atoms with E-state index in [-0.39, 0.29) is 18.2 Å². The average Bonchev–Trinajstić information content (AvgIpc) is 2.66. The standard InChI is InChI=1S/C22H26Cl2N2O2/c1-4-20(22(28)25-5-2)26(14-16-11-9-15(3)10-12-16)21(27)13-17-18(23)7-6-8-19(17)24/h6-12,20H,4-5,13-14H2,1-3H3,(H,25,28)/t20-/m1/s1. The summed E-state index contributed by atoms with van der Waals surface area (Å²) in [6.07, 6.45) is 0.556. The molecule has 6 heteroatoms. The predicted octanol–water partition coefficient (Wildman–Crippen LogP) is 4.79. The van der Waals surface area contributed by atoms with Crippen LogP contribution in [0.2, 0.25) is 10.0 Å². The fourth-order valence-corrected chi connectivity index (χ4v) is 3.59. The zero-order valence-corrected chi connectivity index (χ0v) is 18.0. The third-order valence-corrected chi connectivity index (χ3v) is 5.31. The van der Waals surface area contributed by atoms with Crippen molar-refractivity contribution < 1.29 is 9.59 Å². The second-order valence-corrected chi connectivity index (χ2v) is 7.52. The van der Waals surface area contributed by atoms with Crippen molar-refractivity contribution in [3.63, 3.8) is 0 Å². The van der Waals surface area contributed by atoms with Crippen molar-refractivity contribution in [1.82, 2.24) is 10.2 Å². The summed E-state index contributed by atoms with van der Waals surface area (Å²) in [5.41, 5.74) is 2.68. The van der Waals surface area contributed by atoms with Crippen molar-refractivity contribution in [2.24, 2.45) is 0 Å². The summed E-state index contributed by atoms with van der Waals surface area (Å²) in [4.78, 5) is 27.4. The molecule has 150 valence electrons. The van der Waals surface area contributed by atoms with E-state index in [0.29, 0.717) is 35.1 Å². The van der Waals surface area contributed by atoms with E-state index in [1.54, 1.807) is 23.1 Å². The molecule has 0 bridgehead atoms. The van der Waals surface area contributed by atoms with E-state index in [2.05, 4.69) is 5.32 Å². The fourth-order valence-electron chi connectivity index (χ4n) is 3.06. The number of halogens is 2. The van der Waals surface area contributed by atoms with Gasteiger partial charge in [0.05, 0.1) is 6.42 Å². The highest BCUT2D eigenvalue weighted by Gasteiger charge is 2.29. The Bertz CT molecular complexity index is 802. The van der Waals surface area contributed by atoms with E-state index in [4.69, 9.17) is 23.2 Å². The SMILES string of the molecule is CCNC(=O)[C@@H](CC)N(Cc1ccc(C)cc1)C(=O)Cc1c(Cl)cccc1Cl. The molecule has 1 atom stereocenters. The van der Waals surface area contributed by atoms with Crippen LogP contribution in [0.25, 0.3) is 0 Å². The van der Waals surface area contributed by atoms with Crippen molar-refractivity contribution in [3.05, 3.63) is 69.2 Å². The molecule has 0 spiro atoms. The van der Waals surface area contributed by atoms with Gasteiger partial charge in [0.15, 0.2) is 0 Å². The molecule has 2 rings (SSSR count). The van der Waals surface area contributed by atoms with Gasteiger partial charge in [-0.25, -0.2) is 0 Å². The number of amides is 2. The molecule has 2 aromatic rings. The third kappa shape index (κ3) is 5.73. The van der Waals surface area contributed by atoms with Crippen LogP contribution in [0.5, 0.6) is 0 Å². The number of rotatable bonds is 8. The zero-order valence-electron chi connectivity index (χ0n) is 16.5. The number of carbonyl (C=O) groups is 2. The molecular formula is C22H26Cl2N2O2. The summed E-state index contributed by atoms with van der Waals surface area (Å²) >= 11 is 12.5. The quantitative estimate of drug-likeness (QED) is 0.667. The zero-order chi connectivity index (χ0) is 20.7. The van der Waals surface area contributed by atoms with Gasteiger partial charge >= 0.3 is 0 Å². The third-order valence-electron chi connectivity index (χ3n) is 4.60. The van der Waals surface area contributed by atoms with Gasteiger partial charge in [0.25, 0.3) is 0 Å². The van der Waals surface area contributed by atoms with Crippen LogP contribution in [0.4, 0.5) is 0 Å². The lowest BCUT2D eigenvalue weighted by Crippen LogP contribution is -2.49. The highest BCUT2D eigenvalue weighted by Crippen LogP contribution is 2.26. The van der Waals surface area contributed by atoms with E-state index in [1.807, 2.05) is 45.0 Å². The second-order valence-electron chi connectivity index (χ2n) is 6.70. The number of aryl methyl sites for hydroxylation is 1. The minimum Gasteiger partial charge on any atom is -0.355 e. The minimum atomic E-state index is -0.560. The summed E-state index contributed by atoms with van der Waals surface area (Å²) in [6.45, 7) is 6.63. The largest absolute Gasteiger partial charge is 0.355 e. The Morgan fingerprint density at radius 1 is 1.04 bits per heavy atom. The van der Waals surface area contributed by atoms with Crippen LogP contribution < -0.4 is 5.32 Å². The van der Waals surface area contributed by atoms with Gasteiger partial charge in [-0.05, 0) is 43.5 Å². The topological polar surface area (TPSA) is 49.4 Å². The maximum atomic E-state index is 13.2. The lowest BCUT2D eigenvalue weighted by molar-refractivity contribution is -0.140. The number of carbonyl (C=O) groups excluding carboxylic acids is 2. The number of likely N-dealkylation sites (N-methyl/N-ethyl adjacent to an activating group) is 1. The monoisotopic (exact) mass is 420 g/mol. The van der Waals surface area contributed by atoms with Crippen molar-refractivity contribution >= 4 is 35.0 Å². The summed E-state index contributed by atoms with van der Waals surface area (Å²) in [5.74, 6) is -0.343. The van der Waals surface area contributed by atoms with Crippen LogP contribution in [0.15, 0.2) is 42.5 Å². The molecule has 1 N–H and O–H groups in total. The Morgan fingerprint density at radius 3 is 2.18 bits per heavy atom. The number of nitrogens with one attached hydrogen (secondary N) is 1. The van der Waals surface area contributed by atoms with Gasteiger partial charge in [0.1, 0.15) is 6.04 Å². The molecule has 0 aromatic heterocycles. The smallest absolute Gasteiger partial charge is 0.242 e. The van der Waals surface area contributed by atoms with Crippen molar-refractivity contribution in [2.75, 3.05) is 6.54 Å². The van der Waals surface area contributed by atoms with Gasteiger partial charge < -0.3 is 10.2 Å². The lowest BCUT2D eigenvalue weighted by Gasteiger charge is -2.31. The maximum Gasteiger partial charge on any atom is 0.242 e. The minimum absolute atomic E-state index is 0.0419. The molecule has 0 saturated heterocycles. The first-order valence-electron chi connectivity index (χ1n) is 9.42. The molecule has 4 nitrogen and oxygen atoms in total. The number of hydrogen-bond donors (Lipinski definition) is 1. The van der Waals surface area contributed by atoms with E-state index in [1.165, 1.54) is 0 Å². The highest BCUT2D eigenvalue weighted by molar-refractivity contribution is 6.36. The first-order chi connectivity index (χ1) is 13.4. The second kappa shape index (κ2) is 10.5. The van der Waals surface area contributed by atoms with E-state index < -0.39 is 6.04 Å². The molecule has 0 aliphatic carbocycles. The van der Waals surface area contributed by atoms with Crippen LogP contribution in [0.3, 0.4) is 0 Å². The van der Waals surface area contributed by atoms with Gasteiger partial charge in [-0.1, -0.05) is 66.0 Å². The van der Waals surface area contributed by atoms with Crippen molar-refractivity contribution in [2.45, 2.75) is 46.2 Å². The van der Waals surface area contributed by atoms with Crippen LogP contribution in [-0.2, 0) is 22.6 Å². The molecule has 0 aliphatic heterocycles. The van der Waals surface area contributed by atoms with E-state index in [0.717, 1.165) is 11.1 Å².